The van der Waals surface area contributed by atoms with Crippen molar-refractivity contribution in [3.05, 3.63) is 47.5 Å². The monoisotopic (exact) mass is 309 g/mol. The average Bonchev–Trinajstić information content (AvgIpc) is 3.22. The number of H-pyrrole nitrogens is 2. The molecule has 0 spiro atoms. The number of aryl methyl sites for hydroxylation is 1. The second-order valence-electron chi connectivity index (χ2n) is 6.16. The molecule has 0 bridgehead atoms. The van der Waals surface area contributed by atoms with E-state index in [9.17, 15) is 4.79 Å². The quantitative estimate of drug-likeness (QED) is 0.764. The van der Waals surface area contributed by atoms with Crippen LogP contribution in [0.5, 0.6) is 0 Å². The fourth-order valence-electron chi connectivity index (χ4n) is 3.36. The summed E-state index contributed by atoms with van der Waals surface area (Å²) in [5, 5.41) is 7.05. The maximum absolute atomic E-state index is 12.8. The number of aromatic amines is 2. The van der Waals surface area contributed by atoms with Gasteiger partial charge >= 0.3 is 0 Å². The molecule has 2 N–H and O–H groups in total. The standard InChI is InChI=1S/C17H19N5O/c1-11-19-15-5-4-12(9-16(15)20-11)17(23)22-8-2-3-13(10-22)14-6-7-18-21-14/h4-7,9,13H,2-3,8,10H2,1H3,(H,18,21)(H,19,20)/t13-/m0/s1. The first kappa shape index (κ1) is 14.0. The minimum Gasteiger partial charge on any atom is -0.342 e. The van der Waals surface area contributed by atoms with Gasteiger partial charge in [0.25, 0.3) is 5.91 Å². The van der Waals surface area contributed by atoms with Crippen molar-refractivity contribution in [2.24, 2.45) is 0 Å². The summed E-state index contributed by atoms with van der Waals surface area (Å²) < 4.78 is 0. The van der Waals surface area contributed by atoms with Crippen molar-refractivity contribution in [2.75, 3.05) is 13.1 Å². The summed E-state index contributed by atoms with van der Waals surface area (Å²) in [6.45, 7) is 3.46. The van der Waals surface area contributed by atoms with E-state index in [1.807, 2.05) is 36.1 Å². The molecule has 1 fully saturated rings. The third-order valence-corrected chi connectivity index (χ3v) is 4.52. The fraction of sp³-hybridized carbons (Fsp3) is 0.353. The molecule has 6 heteroatoms. The van der Waals surface area contributed by atoms with Gasteiger partial charge in [-0.3, -0.25) is 9.89 Å². The molecule has 1 aliphatic rings. The molecule has 1 aliphatic heterocycles. The molecule has 3 heterocycles. The maximum Gasteiger partial charge on any atom is 0.253 e. The molecule has 0 radical (unpaired) electrons. The van der Waals surface area contributed by atoms with Gasteiger partial charge in [0.2, 0.25) is 0 Å². The lowest BCUT2D eigenvalue weighted by Crippen LogP contribution is -2.39. The summed E-state index contributed by atoms with van der Waals surface area (Å²) in [4.78, 5) is 22.3. The third-order valence-electron chi connectivity index (χ3n) is 4.52. The van der Waals surface area contributed by atoms with Gasteiger partial charge in [0.05, 0.1) is 11.0 Å². The smallest absolute Gasteiger partial charge is 0.253 e. The second kappa shape index (κ2) is 5.53. The molecule has 4 rings (SSSR count). The Bertz CT molecular complexity index is 836. The fourth-order valence-corrected chi connectivity index (χ4v) is 3.36. The Balaban J connectivity index is 1.57. The van der Waals surface area contributed by atoms with Crippen LogP contribution in [0.1, 0.15) is 40.6 Å². The van der Waals surface area contributed by atoms with E-state index in [1.165, 1.54) is 0 Å². The Morgan fingerprint density at radius 3 is 3.09 bits per heavy atom. The zero-order valence-corrected chi connectivity index (χ0v) is 13.0. The van der Waals surface area contributed by atoms with Crippen molar-refractivity contribution in [3.8, 4) is 0 Å². The molecule has 1 saturated heterocycles. The van der Waals surface area contributed by atoms with Crippen molar-refractivity contribution in [3.63, 3.8) is 0 Å². The van der Waals surface area contributed by atoms with Crippen LogP contribution >= 0.6 is 0 Å². The molecule has 3 aromatic rings. The summed E-state index contributed by atoms with van der Waals surface area (Å²) in [5.41, 5.74) is 3.64. The largest absolute Gasteiger partial charge is 0.342 e. The van der Waals surface area contributed by atoms with E-state index in [1.54, 1.807) is 6.20 Å². The second-order valence-corrected chi connectivity index (χ2v) is 6.16. The van der Waals surface area contributed by atoms with Crippen molar-refractivity contribution in [1.29, 1.82) is 0 Å². The maximum atomic E-state index is 12.8. The summed E-state index contributed by atoms with van der Waals surface area (Å²) in [6, 6.07) is 7.67. The van der Waals surface area contributed by atoms with Gasteiger partial charge in [-0.05, 0) is 44.0 Å². The lowest BCUT2D eigenvalue weighted by molar-refractivity contribution is 0.0706. The first-order valence-corrected chi connectivity index (χ1v) is 7.95. The molecule has 23 heavy (non-hydrogen) atoms. The van der Waals surface area contributed by atoms with Crippen molar-refractivity contribution >= 4 is 16.9 Å². The molecular formula is C17H19N5O. The minimum absolute atomic E-state index is 0.0865. The van der Waals surface area contributed by atoms with Gasteiger partial charge in [-0.25, -0.2) is 4.98 Å². The number of amides is 1. The lowest BCUT2D eigenvalue weighted by atomic mass is 9.94. The number of carbonyl (C=O) groups excluding carboxylic acids is 1. The van der Waals surface area contributed by atoms with Crippen molar-refractivity contribution in [2.45, 2.75) is 25.7 Å². The number of aromatic nitrogens is 4. The van der Waals surface area contributed by atoms with E-state index < -0.39 is 0 Å². The first-order chi connectivity index (χ1) is 11.2. The molecule has 0 saturated carbocycles. The Morgan fingerprint density at radius 2 is 2.26 bits per heavy atom. The first-order valence-electron chi connectivity index (χ1n) is 7.95. The van der Waals surface area contributed by atoms with Crippen LogP contribution < -0.4 is 0 Å². The number of piperidine rings is 1. The van der Waals surface area contributed by atoms with Crippen LogP contribution in [-0.4, -0.2) is 44.1 Å². The van der Waals surface area contributed by atoms with Gasteiger partial charge in [-0.2, -0.15) is 5.10 Å². The predicted molar refractivity (Wildman–Crippen MR) is 87.3 cm³/mol. The van der Waals surface area contributed by atoms with Crippen molar-refractivity contribution in [1.82, 2.24) is 25.1 Å². The van der Waals surface area contributed by atoms with Crippen LogP contribution in [0.4, 0.5) is 0 Å². The summed E-state index contributed by atoms with van der Waals surface area (Å²) in [6.07, 6.45) is 3.87. The lowest BCUT2D eigenvalue weighted by Gasteiger charge is -2.32. The number of rotatable bonds is 2. The number of nitrogens with zero attached hydrogens (tertiary/aromatic N) is 3. The van der Waals surface area contributed by atoms with Gasteiger partial charge in [0, 0.05) is 36.5 Å². The molecule has 118 valence electrons. The Kier molecular flexibility index (Phi) is 3.37. The molecule has 6 nitrogen and oxygen atoms in total. The topological polar surface area (TPSA) is 77.7 Å². The van der Waals surface area contributed by atoms with Gasteiger partial charge in [0.15, 0.2) is 0 Å². The van der Waals surface area contributed by atoms with E-state index in [4.69, 9.17) is 0 Å². The number of nitrogens with one attached hydrogen (secondary N) is 2. The Morgan fingerprint density at radius 1 is 1.35 bits per heavy atom. The number of likely N-dealkylation sites (tertiary alicyclic amines) is 1. The van der Waals surface area contributed by atoms with E-state index in [-0.39, 0.29) is 5.91 Å². The van der Waals surface area contributed by atoms with Gasteiger partial charge in [-0.15, -0.1) is 0 Å². The van der Waals surface area contributed by atoms with E-state index in [0.29, 0.717) is 11.5 Å². The minimum atomic E-state index is 0.0865. The highest BCUT2D eigenvalue weighted by Crippen LogP contribution is 2.26. The predicted octanol–water partition coefficient (Wildman–Crippen LogP) is 2.61. The molecule has 1 aromatic carbocycles. The average molecular weight is 309 g/mol. The normalized spacial score (nSPS) is 18.5. The molecular weight excluding hydrogens is 290 g/mol. The van der Waals surface area contributed by atoms with Crippen LogP contribution in [0.3, 0.4) is 0 Å². The zero-order valence-electron chi connectivity index (χ0n) is 13.0. The van der Waals surface area contributed by atoms with Crippen LogP contribution in [-0.2, 0) is 0 Å². The van der Waals surface area contributed by atoms with Gasteiger partial charge in [0.1, 0.15) is 5.82 Å². The number of hydrogen-bond donors (Lipinski definition) is 2. The van der Waals surface area contributed by atoms with Gasteiger partial charge < -0.3 is 9.88 Å². The Labute approximate surface area is 133 Å². The summed E-state index contributed by atoms with van der Waals surface area (Å²) >= 11 is 0. The number of fused-ring (bicyclic) bond motifs is 1. The van der Waals surface area contributed by atoms with Crippen molar-refractivity contribution < 1.29 is 4.79 Å². The highest BCUT2D eigenvalue weighted by Gasteiger charge is 2.26. The summed E-state index contributed by atoms with van der Waals surface area (Å²) in [7, 11) is 0. The molecule has 0 unspecified atom stereocenters. The van der Waals surface area contributed by atoms with Crippen LogP contribution in [0, 0.1) is 6.92 Å². The van der Waals surface area contributed by atoms with Crippen LogP contribution in [0.15, 0.2) is 30.5 Å². The summed E-state index contributed by atoms with van der Waals surface area (Å²) in [5.74, 6) is 1.29. The van der Waals surface area contributed by atoms with E-state index in [2.05, 4.69) is 20.2 Å². The van der Waals surface area contributed by atoms with Crippen LogP contribution in [0.2, 0.25) is 0 Å². The molecule has 0 aliphatic carbocycles. The number of benzene rings is 1. The Hall–Kier alpha value is -2.63. The number of imidazole rings is 1. The molecule has 2 aromatic heterocycles. The molecule has 1 amide bonds. The highest BCUT2D eigenvalue weighted by atomic mass is 16.2. The SMILES string of the molecule is Cc1nc2ccc(C(=O)N3CCC[C@H](c4ccn[nH]4)C3)cc2[nH]1. The highest BCUT2D eigenvalue weighted by molar-refractivity contribution is 5.97. The van der Waals surface area contributed by atoms with E-state index in [0.717, 1.165) is 48.5 Å². The zero-order chi connectivity index (χ0) is 15.8. The third kappa shape index (κ3) is 2.60. The number of carbonyl (C=O) groups is 1. The van der Waals surface area contributed by atoms with Gasteiger partial charge in [-0.1, -0.05) is 0 Å². The molecule has 1 atom stereocenters. The number of hydrogen-bond acceptors (Lipinski definition) is 3. The van der Waals surface area contributed by atoms with Crippen LogP contribution in [0.25, 0.3) is 11.0 Å². The van der Waals surface area contributed by atoms with E-state index >= 15 is 0 Å².